The molecule has 2 aromatic heterocycles. The first-order chi connectivity index (χ1) is 14.0. The second kappa shape index (κ2) is 7.76. The number of nitrogens with one attached hydrogen (secondary N) is 3. The summed E-state index contributed by atoms with van der Waals surface area (Å²) < 4.78 is 28.1. The van der Waals surface area contributed by atoms with Gasteiger partial charge >= 0.3 is 0 Å². The molecule has 0 bridgehead atoms. The van der Waals surface area contributed by atoms with Crippen LogP contribution in [0.2, 0.25) is 0 Å². The number of hydrogen-bond acceptors (Lipinski definition) is 4. The molecule has 0 fully saturated rings. The molecule has 2 aromatic carbocycles. The first-order valence-corrected chi connectivity index (χ1v) is 10.4. The molecule has 0 radical (unpaired) electrons. The standard InChI is InChI=1S/C21H18N4O3S/c26-21(24-13-15-5-3-8-19-17(15)10-12-23-19)18-7-1-2-9-20(18)29(27,28)25-16-6-4-11-22-14-16/h1-12,14,23,25H,13H2,(H,24,26). The molecule has 0 unspecified atom stereocenters. The van der Waals surface area contributed by atoms with E-state index >= 15 is 0 Å². The molecule has 0 aliphatic carbocycles. The lowest BCUT2D eigenvalue weighted by Crippen LogP contribution is -2.26. The van der Waals surface area contributed by atoms with Gasteiger partial charge in [0.05, 0.1) is 17.4 Å². The van der Waals surface area contributed by atoms with Gasteiger partial charge in [0.15, 0.2) is 0 Å². The van der Waals surface area contributed by atoms with Crippen LogP contribution in [-0.2, 0) is 16.6 Å². The van der Waals surface area contributed by atoms with Crippen LogP contribution < -0.4 is 10.0 Å². The van der Waals surface area contributed by atoms with Crippen molar-refractivity contribution in [2.24, 2.45) is 0 Å². The number of pyridine rings is 1. The van der Waals surface area contributed by atoms with E-state index in [0.717, 1.165) is 16.5 Å². The number of anilines is 1. The number of fused-ring (bicyclic) bond motifs is 1. The molecule has 4 aromatic rings. The first-order valence-electron chi connectivity index (χ1n) is 8.90. The molecule has 0 aliphatic heterocycles. The van der Waals surface area contributed by atoms with E-state index in [4.69, 9.17) is 0 Å². The summed E-state index contributed by atoms with van der Waals surface area (Å²) in [7, 11) is -3.95. The molecule has 0 saturated heterocycles. The number of rotatable bonds is 6. The van der Waals surface area contributed by atoms with E-state index in [-0.39, 0.29) is 17.0 Å². The van der Waals surface area contributed by atoms with E-state index in [1.165, 1.54) is 18.3 Å². The molecule has 1 amide bonds. The minimum absolute atomic E-state index is 0.0742. The van der Waals surface area contributed by atoms with Crippen LogP contribution >= 0.6 is 0 Å². The summed E-state index contributed by atoms with van der Waals surface area (Å²) in [4.78, 5) is 19.7. The molecule has 0 saturated carbocycles. The van der Waals surface area contributed by atoms with Crippen molar-refractivity contribution in [3.63, 3.8) is 0 Å². The van der Waals surface area contributed by atoms with Crippen molar-refractivity contribution in [1.29, 1.82) is 0 Å². The summed E-state index contributed by atoms with van der Waals surface area (Å²) >= 11 is 0. The second-order valence-electron chi connectivity index (χ2n) is 6.38. The fourth-order valence-corrected chi connectivity index (χ4v) is 4.35. The fraction of sp³-hybridized carbons (Fsp3) is 0.0476. The van der Waals surface area contributed by atoms with E-state index in [2.05, 4.69) is 20.0 Å². The van der Waals surface area contributed by atoms with E-state index in [9.17, 15) is 13.2 Å². The molecule has 7 nitrogen and oxygen atoms in total. The van der Waals surface area contributed by atoms with Crippen molar-refractivity contribution >= 4 is 32.5 Å². The van der Waals surface area contributed by atoms with E-state index in [1.807, 2.05) is 30.5 Å². The van der Waals surface area contributed by atoms with Gasteiger partial charge in [-0.15, -0.1) is 0 Å². The van der Waals surface area contributed by atoms with E-state index < -0.39 is 15.9 Å². The summed E-state index contributed by atoms with van der Waals surface area (Å²) in [6.45, 7) is 0.276. The average Bonchev–Trinajstić information content (AvgIpc) is 3.22. The highest BCUT2D eigenvalue weighted by Gasteiger charge is 2.22. The Balaban J connectivity index is 1.57. The van der Waals surface area contributed by atoms with E-state index in [0.29, 0.717) is 5.69 Å². The highest BCUT2D eigenvalue weighted by Crippen LogP contribution is 2.20. The lowest BCUT2D eigenvalue weighted by molar-refractivity contribution is 0.0948. The third kappa shape index (κ3) is 3.97. The fourth-order valence-electron chi connectivity index (χ4n) is 3.10. The van der Waals surface area contributed by atoms with Gasteiger partial charge in [-0.1, -0.05) is 24.3 Å². The van der Waals surface area contributed by atoms with Gasteiger partial charge in [-0.2, -0.15) is 0 Å². The predicted molar refractivity (Wildman–Crippen MR) is 111 cm³/mol. The number of benzene rings is 2. The van der Waals surface area contributed by atoms with E-state index in [1.54, 1.807) is 30.5 Å². The lowest BCUT2D eigenvalue weighted by atomic mass is 10.1. The Bertz CT molecular complexity index is 1270. The van der Waals surface area contributed by atoms with Crippen LogP contribution in [0.1, 0.15) is 15.9 Å². The molecule has 0 atom stereocenters. The molecule has 8 heteroatoms. The lowest BCUT2D eigenvalue weighted by Gasteiger charge is -2.12. The van der Waals surface area contributed by atoms with Gasteiger partial charge in [-0.3, -0.25) is 14.5 Å². The van der Waals surface area contributed by atoms with Gasteiger partial charge in [0.2, 0.25) is 0 Å². The van der Waals surface area contributed by atoms with Crippen LogP contribution in [0.5, 0.6) is 0 Å². The molecule has 0 aliphatic rings. The van der Waals surface area contributed by atoms with Crippen molar-refractivity contribution < 1.29 is 13.2 Å². The molecule has 3 N–H and O–H groups in total. The average molecular weight is 406 g/mol. The zero-order chi connectivity index (χ0) is 20.3. The van der Waals surface area contributed by atoms with Crippen LogP contribution in [-0.4, -0.2) is 24.3 Å². The van der Waals surface area contributed by atoms with Crippen molar-refractivity contribution in [3.05, 3.63) is 90.4 Å². The third-order valence-electron chi connectivity index (χ3n) is 4.46. The predicted octanol–water partition coefficient (Wildman–Crippen LogP) is 3.29. The maximum absolute atomic E-state index is 12.8. The highest BCUT2D eigenvalue weighted by molar-refractivity contribution is 7.92. The smallest absolute Gasteiger partial charge is 0.262 e. The Morgan fingerprint density at radius 1 is 1.00 bits per heavy atom. The van der Waals surface area contributed by atoms with Gasteiger partial charge in [0.1, 0.15) is 4.90 Å². The zero-order valence-electron chi connectivity index (χ0n) is 15.3. The zero-order valence-corrected chi connectivity index (χ0v) is 16.1. The molecular weight excluding hydrogens is 388 g/mol. The number of hydrogen-bond donors (Lipinski definition) is 3. The first kappa shape index (κ1) is 18.7. The Morgan fingerprint density at radius 2 is 1.86 bits per heavy atom. The largest absolute Gasteiger partial charge is 0.361 e. The Labute approximate surface area is 167 Å². The molecule has 0 spiro atoms. The maximum Gasteiger partial charge on any atom is 0.262 e. The summed E-state index contributed by atoms with van der Waals surface area (Å²) in [5.74, 6) is -0.468. The minimum Gasteiger partial charge on any atom is -0.361 e. The van der Waals surface area contributed by atoms with Crippen LogP contribution in [0.3, 0.4) is 0 Å². The molecule has 2 heterocycles. The highest BCUT2D eigenvalue weighted by atomic mass is 32.2. The van der Waals surface area contributed by atoms with Crippen LogP contribution in [0, 0.1) is 0 Å². The monoisotopic (exact) mass is 406 g/mol. The summed E-state index contributed by atoms with van der Waals surface area (Å²) in [6.07, 6.45) is 4.78. The number of aromatic amines is 1. The van der Waals surface area contributed by atoms with Crippen molar-refractivity contribution in [3.8, 4) is 0 Å². The Morgan fingerprint density at radius 3 is 2.69 bits per heavy atom. The van der Waals surface area contributed by atoms with Crippen molar-refractivity contribution in [2.75, 3.05) is 4.72 Å². The van der Waals surface area contributed by atoms with Gasteiger partial charge in [0, 0.05) is 29.8 Å². The SMILES string of the molecule is O=C(NCc1cccc2[nH]ccc12)c1ccccc1S(=O)(=O)Nc1cccnc1. The second-order valence-corrected chi connectivity index (χ2v) is 8.03. The van der Waals surface area contributed by atoms with Crippen molar-refractivity contribution in [1.82, 2.24) is 15.3 Å². The Hall–Kier alpha value is -3.65. The summed E-state index contributed by atoms with van der Waals surface area (Å²) in [6, 6.07) is 17.0. The molecule has 4 rings (SSSR count). The molecule has 29 heavy (non-hydrogen) atoms. The quantitative estimate of drug-likeness (QED) is 0.457. The van der Waals surface area contributed by atoms with Crippen LogP contribution in [0.25, 0.3) is 10.9 Å². The normalized spacial score (nSPS) is 11.3. The number of nitrogens with zero attached hydrogens (tertiary/aromatic N) is 1. The number of carbonyl (C=O) groups is 1. The summed E-state index contributed by atoms with van der Waals surface area (Å²) in [5.41, 5.74) is 2.30. The number of aromatic nitrogens is 2. The Kier molecular flexibility index (Phi) is 5.01. The number of carbonyl (C=O) groups excluding carboxylic acids is 1. The number of amides is 1. The topological polar surface area (TPSA) is 104 Å². The number of H-pyrrole nitrogens is 1. The maximum atomic E-state index is 12.8. The molecular formula is C21H18N4O3S. The third-order valence-corrected chi connectivity index (χ3v) is 5.90. The van der Waals surface area contributed by atoms with Crippen LogP contribution in [0.4, 0.5) is 5.69 Å². The van der Waals surface area contributed by atoms with Crippen molar-refractivity contribution in [2.45, 2.75) is 11.4 Å². The van der Waals surface area contributed by atoms with Gasteiger partial charge in [-0.25, -0.2) is 8.42 Å². The van der Waals surface area contributed by atoms with Gasteiger partial charge in [-0.05, 0) is 42.0 Å². The van der Waals surface area contributed by atoms with Gasteiger partial charge < -0.3 is 10.3 Å². The molecule has 146 valence electrons. The summed E-state index contributed by atoms with van der Waals surface area (Å²) in [5, 5.41) is 3.82. The van der Waals surface area contributed by atoms with Gasteiger partial charge in [0.25, 0.3) is 15.9 Å². The number of sulfonamides is 1. The van der Waals surface area contributed by atoms with Crippen LogP contribution in [0.15, 0.2) is 84.1 Å². The minimum atomic E-state index is -3.95.